The van der Waals surface area contributed by atoms with Gasteiger partial charge in [0, 0.05) is 12.0 Å². The number of pyridine rings is 1. The Bertz CT molecular complexity index is 892. The molecule has 2 aromatic rings. The molecule has 0 fully saturated rings. The molecule has 0 aliphatic carbocycles. The van der Waals surface area contributed by atoms with E-state index < -0.39 is 5.97 Å². The van der Waals surface area contributed by atoms with Gasteiger partial charge in [-0.1, -0.05) is 19.9 Å². The van der Waals surface area contributed by atoms with E-state index in [0.29, 0.717) is 31.2 Å². The van der Waals surface area contributed by atoms with Crippen molar-refractivity contribution >= 4 is 11.9 Å². The topological polar surface area (TPSA) is 97.8 Å². The molecule has 2 N–H and O–H groups in total. The number of carboxylic acids is 1. The molecule has 0 saturated heterocycles. The number of ether oxygens (including phenoxy) is 2. The number of aryl methyl sites for hydroxylation is 1. The minimum absolute atomic E-state index is 0.0863. The number of carboxylic acid groups (broad SMARTS) is 1. The standard InChI is InChI=1S/C20H22N2O5/c1-12-14(19(24)25)5-6-15(22-12)18(23)21-11-20(2,3)13-4-7-16-17(10-13)27-9-8-26-16/h4-7,10H,8-9,11H2,1-3H3,(H,21,23)(H,24,25). The minimum Gasteiger partial charge on any atom is -0.486 e. The molecule has 0 atom stereocenters. The van der Waals surface area contributed by atoms with Crippen molar-refractivity contribution < 1.29 is 24.2 Å². The molecule has 7 heteroatoms. The van der Waals surface area contributed by atoms with E-state index in [-0.39, 0.29) is 22.6 Å². The van der Waals surface area contributed by atoms with Crippen LogP contribution in [0.25, 0.3) is 0 Å². The molecular weight excluding hydrogens is 348 g/mol. The van der Waals surface area contributed by atoms with Gasteiger partial charge in [-0.15, -0.1) is 0 Å². The van der Waals surface area contributed by atoms with E-state index in [4.69, 9.17) is 14.6 Å². The highest BCUT2D eigenvalue weighted by atomic mass is 16.6. The summed E-state index contributed by atoms with van der Waals surface area (Å²) in [6.45, 7) is 7.05. The van der Waals surface area contributed by atoms with Crippen LogP contribution < -0.4 is 14.8 Å². The summed E-state index contributed by atoms with van der Waals surface area (Å²) in [4.78, 5) is 27.6. The van der Waals surface area contributed by atoms with Crippen LogP contribution in [-0.2, 0) is 5.41 Å². The lowest BCUT2D eigenvalue weighted by molar-refractivity contribution is 0.0694. The van der Waals surface area contributed by atoms with Crippen LogP contribution in [-0.4, -0.2) is 41.7 Å². The smallest absolute Gasteiger partial charge is 0.337 e. The van der Waals surface area contributed by atoms with Gasteiger partial charge in [-0.2, -0.15) is 0 Å². The number of fused-ring (bicyclic) bond motifs is 1. The van der Waals surface area contributed by atoms with Gasteiger partial charge < -0.3 is 19.9 Å². The molecule has 7 nitrogen and oxygen atoms in total. The van der Waals surface area contributed by atoms with Crippen molar-refractivity contribution in [3.63, 3.8) is 0 Å². The summed E-state index contributed by atoms with van der Waals surface area (Å²) >= 11 is 0. The van der Waals surface area contributed by atoms with Crippen LogP contribution in [0.15, 0.2) is 30.3 Å². The molecule has 142 valence electrons. The van der Waals surface area contributed by atoms with Crippen molar-refractivity contribution in [3.8, 4) is 11.5 Å². The van der Waals surface area contributed by atoms with E-state index in [9.17, 15) is 9.59 Å². The summed E-state index contributed by atoms with van der Waals surface area (Å²) in [6, 6.07) is 8.59. The Hall–Kier alpha value is -3.09. The molecule has 1 aromatic heterocycles. The fraction of sp³-hybridized carbons (Fsp3) is 0.350. The lowest BCUT2D eigenvalue weighted by Crippen LogP contribution is -2.37. The van der Waals surface area contributed by atoms with Crippen molar-refractivity contribution in [3.05, 3.63) is 52.8 Å². The average Bonchev–Trinajstić information content (AvgIpc) is 2.65. The fourth-order valence-corrected chi connectivity index (χ4v) is 2.87. The number of aromatic carboxylic acids is 1. The second kappa shape index (κ2) is 7.26. The molecule has 27 heavy (non-hydrogen) atoms. The predicted molar refractivity (Wildman–Crippen MR) is 98.7 cm³/mol. The van der Waals surface area contributed by atoms with Gasteiger partial charge in [-0.3, -0.25) is 4.79 Å². The minimum atomic E-state index is -1.06. The van der Waals surface area contributed by atoms with Crippen molar-refractivity contribution in [2.45, 2.75) is 26.2 Å². The molecule has 0 unspecified atom stereocenters. The molecule has 1 amide bonds. The van der Waals surface area contributed by atoms with Gasteiger partial charge in [0.1, 0.15) is 18.9 Å². The first-order valence-corrected chi connectivity index (χ1v) is 8.67. The van der Waals surface area contributed by atoms with Crippen LogP contribution in [0.5, 0.6) is 11.5 Å². The number of carbonyl (C=O) groups excluding carboxylic acids is 1. The van der Waals surface area contributed by atoms with Crippen LogP contribution in [0.3, 0.4) is 0 Å². The second-order valence-electron chi connectivity index (χ2n) is 7.06. The highest BCUT2D eigenvalue weighted by molar-refractivity contribution is 5.94. The molecule has 0 bridgehead atoms. The Morgan fingerprint density at radius 2 is 1.85 bits per heavy atom. The van der Waals surface area contributed by atoms with Crippen molar-refractivity contribution in [1.82, 2.24) is 10.3 Å². The number of rotatable bonds is 5. The molecule has 0 spiro atoms. The Morgan fingerprint density at radius 1 is 1.15 bits per heavy atom. The number of nitrogens with one attached hydrogen (secondary N) is 1. The average molecular weight is 370 g/mol. The molecule has 1 aliphatic heterocycles. The van der Waals surface area contributed by atoms with Crippen LogP contribution in [0.4, 0.5) is 0 Å². The van der Waals surface area contributed by atoms with E-state index in [2.05, 4.69) is 10.3 Å². The highest BCUT2D eigenvalue weighted by Crippen LogP contribution is 2.34. The third-order valence-electron chi connectivity index (χ3n) is 4.56. The molecule has 1 aliphatic rings. The third-order valence-corrected chi connectivity index (χ3v) is 4.56. The van der Waals surface area contributed by atoms with Gasteiger partial charge in [0.15, 0.2) is 11.5 Å². The summed E-state index contributed by atoms with van der Waals surface area (Å²) in [5.41, 5.74) is 1.25. The largest absolute Gasteiger partial charge is 0.486 e. The number of hydrogen-bond acceptors (Lipinski definition) is 5. The van der Waals surface area contributed by atoms with Crippen molar-refractivity contribution in [2.75, 3.05) is 19.8 Å². The molecule has 0 radical (unpaired) electrons. The maximum absolute atomic E-state index is 12.4. The number of amides is 1. The van der Waals surface area contributed by atoms with Crippen molar-refractivity contribution in [2.24, 2.45) is 0 Å². The molecular formula is C20H22N2O5. The Kier molecular flexibility index (Phi) is 5.03. The molecule has 3 rings (SSSR count). The Labute approximate surface area is 157 Å². The second-order valence-corrected chi connectivity index (χ2v) is 7.06. The van der Waals surface area contributed by atoms with Gasteiger partial charge in [0.25, 0.3) is 5.91 Å². The van der Waals surface area contributed by atoms with E-state index in [1.807, 2.05) is 32.0 Å². The number of hydrogen-bond donors (Lipinski definition) is 2. The number of benzene rings is 1. The van der Waals surface area contributed by atoms with Crippen LogP contribution in [0.2, 0.25) is 0 Å². The van der Waals surface area contributed by atoms with Gasteiger partial charge in [0.05, 0.1) is 11.3 Å². The fourth-order valence-electron chi connectivity index (χ4n) is 2.87. The lowest BCUT2D eigenvalue weighted by atomic mass is 9.84. The third kappa shape index (κ3) is 4.02. The van der Waals surface area contributed by atoms with E-state index in [1.165, 1.54) is 12.1 Å². The molecule has 0 saturated carbocycles. The number of carbonyl (C=O) groups is 2. The van der Waals surface area contributed by atoms with E-state index in [0.717, 1.165) is 11.3 Å². The molecule has 1 aromatic carbocycles. The maximum Gasteiger partial charge on any atom is 0.337 e. The normalized spacial score (nSPS) is 13.1. The number of aromatic nitrogens is 1. The van der Waals surface area contributed by atoms with Crippen LogP contribution >= 0.6 is 0 Å². The zero-order chi connectivity index (χ0) is 19.6. The highest BCUT2D eigenvalue weighted by Gasteiger charge is 2.25. The first kappa shape index (κ1) is 18.7. The lowest BCUT2D eigenvalue weighted by Gasteiger charge is -2.27. The SMILES string of the molecule is Cc1nc(C(=O)NCC(C)(C)c2ccc3c(c2)OCCO3)ccc1C(=O)O. The zero-order valence-corrected chi connectivity index (χ0v) is 15.5. The summed E-state index contributed by atoms with van der Waals surface area (Å²) in [6.07, 6.45) is 0. The monoisotopic (exact) mass is 370 g/mol. The summed E-state index contributed by atoms with van der Waals surface area (Å²) < 4.78 is 11.2. The quantitative estimate of drug-likeness (QED) is 0.839. The molecule has 2 heterocycles. The number of nitrogens with zero attached hydrogens (tertiary/aromatic N) is 1. The predicted octanol–water partition coefficient (Wildman–Crippen LogP) is 2.57. The first-order valence-electron chi connectivity index (χ1n) is 8.67. The first-order chi connectivity index (χ1) is 12.8. The zero-order valence-electron chi connectivity index (χ0n) is 15.5. The maximum atomic E-state index is 12.4. The van der Waals surface area contributed by atoms with E-state index in [1.54, 1.807) is 6.92 Å². The Morgan fingerprint density at radius 3 is 2.52 bits per heavy atom. The van der Waals surface area contributed by atoms with Crippen molar-refractivity contribution in [1.29, 1.82) is 0 Å². The Balaban J connectivity index is 1.70. The summed E-state index contributed by atoms with van der Waals surface area (Å²) in [5, 5.41) is 11.9. The van der Waals surface area contributed by atoms with Gasteiger partial charge in [-0.05, 0) is 36.8 Å². The van der Waals surface area contributed by atoms with Crippen LogP contribution in [0, 0.1) is 6.92 Å². The van der Waals surface area contributed by atoms with Gasteiger partial charge in [0.2, 0.25) is 0 Å². The van der Waals surface area contributed by atoms with Gasteiger partial charge >= 0.3 is 5.97 Å². The summed E-state index contributed by atoms with van der Waals surface area (Å²) in [5.74, 6) is 0.0232. The van der Waals surface area contributed by atoms with E-state index >= 15 is 0 Å². The summed E-state index contributed by atoms with van der Waals surface area (Å²) in [7, 11) is 0. The van der Waals surface area contributed by atoms with Crippen LogP contribution in [0.1, 0.15) is 46.0 Å². The van der Waals surface area contributed by atoms with Gasteiger partial charge in [-0.25, -0.2) is 9.78 Å².